The number of hydrogen-bond acceptors (Lipinski definition) is 4. The molecular formula is C12H17N3O3. The van der Waals surface area contributed by atoms with E-state index in [1.807, 2.05) is 0 Å². The minimum Gasteiger partial charge on any atom is -0.480 e. The summed E-state index contributed by atoms with van der Waals surface area (Å²) in [5, 5.41) is 11.5. The third-order valence-electron chi connectivity index (χ3n) is 2.49. The normalized spacial score (nSPS) is 11.8. The van der Waals surface area contributed by atoms with E-state index in [4.69, 9.17) is 10.8 Å². The number of carboxylic acids is 1. The standard InChI is InChI=1S/C12H17N3O3/c13-6-2-1-3-10(12(17)18)15-11(16)9-4-7-14-8-5-9/h4-5,7-8,10H,1-3,6,13H2,(H,15,16)(H,17,18)/t10-/m0/s1. The first-order valence-corrected chi connectivity index (χ1v) is 5.79. The number of pyridine rings is 1. The van der Waals surface area contributed by atoms with E-state index in [9.17, 15) is 9.59 Å². The van der Waals surface area contributed by atoms with Gasteiger partial charge in [-0.3, -0.25) is 9.78 Å². The number of nitrogens with one attached hydrogen (secondary N) is 1. The molecule has 0 spiro atoms. The molecule has 0 radical (unpaired) electrons. The van der Waals surface area contributed by atoms with Crippen LogP contribution in [0.3, 0.4) is 0 Å². The van der Waals surface area contributed by atoms with E-state index in [2.05, 4.69) is 10.3 Å². The van der Waals surface area contributed by atoms with Crippen LogP contribution in [-0.2, 0) is 4.79 Å². The van der Waals surface area contributed by atoms with Crippen LogP contribution in [0.1, 0.15) is 29.6 Å². The topological polar surface area (TPSA) is 105 Å². The predicted octanol–water partition coefficient (Wildman–Crippen LogP) is 0.394. The summed E-state index contributed by atoms with van der Waals surface area (Å²) in [6, 6.07) is 2.19. The number of nitrogens with two attached hydrogens (primary N) is 1. The Balaban J connectivity index is 2.55. The van der Waals surface area contributed by atoms with Crippen LogP contribution in [-0.4, -0.2) is 34.6 Å². The Hall–Kier alpha value is -1.95. The number of hydrogen-bond donors (Lipinski definition) is 3. The molecule has 98 valence electrons. The van der Waals surface area contributed by atoms with Crippen molar-refractivity contribution in [3.63, 3.8) is 0 Å². The summed E-state index contributed by atoms with van der Waals surface area (Å²) >= 11 is 0. The van der Waals surface area contributed by atoms with Gasteiger partial charge in [0, 0.05) is 18.0 Å². The summed E-state index contributed by atoms with van der Waals surface area (Å²) in [6.07, 6.45) is 4.76. The van der Waals surface area contributed by atoms with Gasteiger partial charge in [0.05, 0.1) is 0 Å². The van der Waals surface area contributed by atoms with Crippen molar-refractivity contribution in [2.24, 2.45) is 5.73 Å². The highest BCUT2D eigenvalue weighted by Gasteiger charge is 2.19. The summed E-state index contributed by atoms with van der Waals surface area (Å²) in [7, 11) is 0. The lowest BCUT2D eigenvalue weighted by Gasteiger charge is -2.14. The van der Waals surface area contributed by atoms with Gasteiger partial charge in [-0.25, -0.2) is 4.79 Å². The van der Waals surface area contributed by atoms with Gasteiger partial charge in [0.2, 0.25) is 0 Å². The highest BCUT2D eigenvalue weighted by Crippen LogP contribution is 2.03. The number of unbranched alkanes of at least 4 members (excludes halogenated alkanes) is 1. The van der Waals surface area contributed by atoms with Gasteiger partial charge in [0.1, 0.15) is 6.04 Å². The fraction of sp³-hybridized carbons (Fsp3) is 0.417. The lowest BCUT2D eigenvalue weighted by atomic mass is 10.1. The Bertz CT molecular complexity index is 395. The second-order valence-electron chi connectivity index (χ2n) is 3.88. The zero-order valence-electron chi connectivity index (χ0n) is 10.0. The van der Waals surface area contributed by atoms with Crippen LogP contribution in [0.2, 0.25) is 0 Å². The Morgan fingerprint density at radius 1 is 1.33 bits per heavy atom. The minimum atomic E-state index is -1.03. The molecule has 1 aromatic heterocycles. The maximum absolute atomic E-state index is 11.8. The number of carboxylic acid groups (broad SMARTS) is 1. The van der Waals surface area contributed by atoms with Crippen molar-refractivity contribution in [1.29, 1.82) is 0 Å². The molecule has 0 aromatic carbocycles. The van der Waals surface area contributed by atoms with Gasteiger partial charge in [-0.15, -0.1) is 0 Å². The monoisotopic (exact) mass is 251 g/mol. The fourth-order valence-corrected chi connectivity index (χ4v) is 1.50. The van der Waals surface area contributed by atoms with Crippen molar-refractivity contribution >= 4 is 11.9 Å². The smallest absolute Gasteiger partial charge is 0.326 e. The second-order valence-corrected chi connectivity index (χ2v) is 3.88. The highest BCUT2D eigenvalue weighted by atomic mass is 16.4. The minimum absolute atomic E-state index is 0.378. The van der Waals surface area contributed by atoms with Crippen LogP contribution in [0.4, 0.5) is 0 Å². The van der Waals surface area contributed by atoms with E-state index >= 15 is 0 Å². The highest BCUT2D eigenvalue weighted by molar-refractivity contribution is 5.96. The molecule has 0 bridgehead atoms. The molecule has 1 aromatic rings. The van der Waals surface area contributed by atoms with Gasteiger partial charge in [0.25, 0.3) is 5.91 Å². The molecule has 0 fully saturated rings. The van der Waals surface area contributed by atoms with Crippen molar-refractivity contribution in [3.8, 4) is 0 Å². The maximum Gasteiger partial charge on any atom is 0.326 e. The zero-order valence-corrected chi connectivity index (χ0v) is 10.0. The van der Waals surface area contributed by atoms with Crippen LogP contribution in [0.25, 0.3) is 0 Å². The number of amides is 1. The van der Waals surface area contributed by atoms with Crippen LogP contribution in [0.15, 0.2) is 24.5 Å². The van der Waals surface area contributed by atoms with Crippen LogP contribution in [0.5, 0.6) is 0 Å². The van der Waals surface area contributed by atoms with E-state index in [0.717, 1.165) is 6.42 Å². The lowest BCUT2D eigenvalue weighted by Crippen LogP contribution is -2.40. The van der Waals surface area contributed by atoms with Gasteiger partial charge in [0.15, 0.2) is 0 Å². The molecule has 6 nitrogen and oxygen atoms in total. The summed E-state index contributed by atoms with van der Waals surface area (Å²) in [6.45, 7) is 0.518. The molecule has 0 aliphatic heterocycles. The van der Waals surface area contributed by atoms with Gasteiger partial charge >= 0.3 is 5.97 Å². The molecule has 6 heteroatoms. The molecule has 0 saturated carbocycles. The van der Waals surface area contributed by atoms with Crippen molar-refractivity contribution in [3.05, 3.63) is 30.1 Å². The molecule has 0 aliphatic rings. The van der Waals surface area contributed by atoms with Gasteiger partial charge in [-0.05, 0) is 37.9 Å². The number of rotatable bonds is 7. The van der Waals surface area contributed by atoms with E-state index in [0.29, 0.717) is 24.9 Å². The van der Waals surface area contributed by atoms with E-state index in [-0.39, 0.29) is 0 Å². The molecule has 0 aliphatic carbocycles. The first kappa shape index (κ1) is 14.1. The molecule has 1 rings (SSSR count). The molecular weight excluding hydrogens is 234 g/mol. The number of carbonyl (C=O) groups is 2. The molecule has 1 atom stereocenters. The third kappa shape index (κ3) is 4.50. The van der Waals surface area contributed by atoms with Crippen molar-refractivity contribution in [1.82, 2.24) is 10.3 Å². The quantitative estimate of drug-likeness (QED) is 0.608. The van der Waals surface area contributed by atoms with Gasteiger partial charge < -0.3 is 16.2 Å². The first-order valence-electron chi connectivity index (χ1n) is 5.79. The lowest BCUT2D eigenvalue weighted by molar-refractivity contribution is -0.139. The third-order valence-corrected chi connectivity index (χ3v) is 2.49. The maximum atomic E-state index is 11.8. The number of carbonyl (C=O) groups excluding carboxylic acids is 1. The van der Waals surface area contributed by atoms with Crippen LogP contribution in [0, 0.1) is 0 Å². The molecule has 4 N–H and O–H groups in total. The van der Waals surface area contributed by atoms with Crippen molar-refractivity contribution in [2.75, 3.05) is 6.54 Å². The number of nitrogens with zero attached hydrogens (tertiary/aromatic N) is 1. The summed E-state index contributed by atoms with van der Waals surface area (Å²) in [5.41, 5.74) is 5.74. The Kier molecular flexibility index (Phi) is 5.79. The average Bonchev–Trinajstić information content (AvgIpc) is 2.38. The van der Waals surface area contributed by atoms with E-state index < -0.39 is 17.9 Å². The van der Waals surface area contributed by atoms with Crippen molar-refractivity contribution in [2.45, 2.75) is 25.3 Å². The number of aliphatic carboxylic acids is 1. The summed E-state index contributed by atoms with van der Waals surface area (Å²) in [5.74, 6) is -1.44. The summed E-state index contributed by atoms with van der Waals surface area (Å²) < 4.78 is 0. The Labute approximate surface area is 105 Å². The molecule has 1 amide bonds. The Morgan fingerprint density at radius 2 is 2.00 bits per heavy atom. The van der Waals surface area contributed by atoms with Crippen LogP contribution >= 0.6 is 0 Å². The first-order chi connectivity index (χ1) is 8.65. The van der Waals surface area contributed by atoms with E-state index in [1.54, 1.807) is 0 Å². The molecule has 18 heavy (non-hydrogen) atoms. The Morgan fingerprint density at radius 3 is 2.56 bits per heavy atom. The zero-order chi connectivity index (χ0) is 13.4. The van der Waals surface area contributed by atoms with Gasteiger partial charge in [-0.2, -0.15) is 0 Å². The van der Waals surface area contributed by atoms with Gasteiger partial charge in [-0.1, -0.05) is 0 Å². The molecule has 0 saturated heterocycles. The average molecular weight is 251 g/mol. The van der Waals surface area contributed by atoms with Crippen molar-refractivity contribution < 1.29 is 14.7 Å². The molecule has 0 unspecified atom stereocenters. The van der Waals surface area contributed by atoms with Crippen LogP contribution < -0.4 is 11.1 Å². The predicted molar refractivity (Wildman–Crippen MR) is 66.0 cm³/mol. The summed E-state index contributed by atoms with van der Waals surface area (Å²) in [4.78, 5) is 26.6. The number of aromatic nitrogens is 1. The SMILES string of the molecule is NCCCC[C@H](NC(=O)c1ccncc1)C(=O)O. The van der Waals surface area contributed by atoms with E-state index in [1.165, 1.54) is 24.5 Å². The molecule has 1 heterocycles. The second kappa shape index (κ2) is 7.39. The largest absolute Gasteiger partial charge is 0.480 e. The fourth-order valence-electron chi connectivity index (χ4n) is 1.50.